The second-order valence-corrected chi connectivity index (χ2v) is 6.18. The molecule has 0 spiro atoms. The van der Waals surface area contributed by atoms with Crippen LogP contribution in [0.1, 0.15) is 17.7 Å². The third-order valence-corrected chi connectivity index (χ3v) is 4.26. The number of anilines is 1. The van der Waals surface area contributed by atoms with Gasteiger partial charge in [0.15, 0.2) is 4.47 Å². The molecule has 1 saturated heterocycles. The average Bonchev–Trinajstić information content (AvgIpc) is 3.03. The van der Waals surface area contributed by atoms with Crippen LogP contribution in [0.5, 0.6) is 0 Å². The fourth-order valence-corrected chi connectivity index (χ4v) is 3.16. The number of rotatable bonds is 3. The van der Waals surface area contributed by atoms with Crippen LogP contribution in [0.4, 0.5) is 5.69 Å². The molecule has 2 aromatic rings. The van der Waals surface area contributed by atoms with E-state index in [4.69, 9.17) is 11.6 Å². The van der Waals surface area contributed by atoms with E-state index in [0.29, 0.717) is 11.0 Å². The Balaban J connectivity index is 1.81. The van der Waals surface area contributed by atoms with Gasteiger partial charge in [0.1, 0.15) is 0 Å². The van der Waals surface area contributed by atoms with Crippen LogP contribution in [0.2, 0.25) is 4.47 Å². The van der Waals surface area contributed by atoms with Gasteiger partial charge in [-0.1, -0.05) is 11.6 Å². The molecule has 0 atom stereocenters. The van der Waals surface area contributed by atoms with E-state index in [-0.39, 0.29) is 5.56 Å². The van der Waals surface area contributed by atoms with Crippen molar-refractivity contribution in [2.24, 2.45) is 0 Å². The van der Waals surface area contributed by atoms with Gasteiger partial charge in [0.05, 0.1) is 18.4 Å². The molecule has 1 fully saturated rings. The van der Waals surface area contributed by atoms with Crippen molar-refractivity contribution in [1.29, 1.82) is 0 Å². The molecule has 3 rings (SSSR count). The molecule has 1 aliphatic rings. The van der Waals surface area contributed by atoms with Gasteiger partial charge in [-0.15, -0.1) is 11.3 Å². The molecule has 0 bridgehead atoms. The lowest BCUT2D eigenvalue weighted by Gasteiger charge is -2.16. The number of hydrogen-bond acceptors (Lipinski definition) is 5. The van der Waals surface area contributed by atoms with Crippen LogP contribution in [0.3, 0.4) is 0 Å². The van der Waals surface area contributed by atoms with Gasteiger partial charge in [0, 0.05) is 30.2 Å². The van der Waals surface area contributed by atoms with Crippen LogP contribution in [-0.2, 0) is 6.54 Å². The highest BCUT2D eigenvalue weighted by Crippen LogP contribution is 2.19. The number of halogens is 1. The van der Waals surface area contributed by atoms with Gasteiger partial charge < -0.3 is 4.90 Å². The monoisotopic (exact) mass is 296 g/mol. The van der Waals surface area contributed by atoms with Crippen LogP contribution in [0.25, 0.3) is 0 Å². The number of nitrogens with zero attached hydrogens (tertiary/aromatic N) is 4. The first-order valence-electron chi connectivity index (χ1n) is 6.15. The highest BCUT2D eigenvalue weighted by Gasteiger charge is 2.14. The summed E-state index contributed by atoms with van der Waals surface area (Å²) in [5.74, 6) is 0. The fraction of sp³-hybridized carbons (Fsp3) is 0.417. The predicted octanol–water partition coefficient (Wildman–Crippen LogP) is 2.00. The molecule has 7 heteroatoms. The van der Waals surface area contributed by atoms with Crippen molar-refractivity contribution >= 4 is 28.6 Å². The van der Waals surface area contributed by atoms with E-state index in [1.54, 1.807) is 18.5 Å². The van der Waals surface area contributed by atoms with Gasteiger partial charge >= 0.3 is 0 Å². The molecule has 3 heterocycles. The third kappa shape index (κ3) is 2.79. The largest absolute Gasteiger partial charge is 0.370 e. The summed E-state index contributed by atoms with van der Waals surface area (Å²) in [4.78, 5) is 19.1. The zero-order chi connectivity index (χ0) is 13.2. The van der Waals surface area contributed by atoms with Crippen molar-refractivity contribution in [1.82, 2.24) is 14.8 Å². The smallest absolute Gasteiger partial charge is 0.269 e. The van der Waals surface area contributed by atoms with Crippen LogP contribution in [-0.4, -0.2) is 27.9 Å². The zero-order valence-electron chi connectivity index (χ0n) is 10.3. The first-order valence-corrected chi connectivity index (χ1v) is 7.34. The Kier molecular flexibility index (Phi) is 3.52. The summed E-state index contributed by atoms with van der Waals surface area (Å²) in [6.45, 7) is 2.44. The maximum absolute atomic E-state index is 12.0. The van der Waals surface area contributed by atoms with Gasteiger partial charge in [0.2, 0.25) is 0 Å². The quantitative estimate of drug-likeness (QED) is 0.869. The number of hydrogen-bond donors (Lipinski definition) is 0. The summed E-state index contributed by atoms with van der Waals surface area (Å²) in [6.07, 6.45) is 5.80. The lowest BCUT2D eigenvalue weighted by Crippen LogP contribution is -2.26. The molecule has 0 N–H and O–H groups in total. The second kappa shape index (κ2) is 5.30. The van der Waals surface area contributed by atoms with Crippen LogP contribution < -0.4 is 10.5 Å². The normalized spacial score (nSPS) is 15.1. The van der Waals surface area contributed by atoms with Gasteiger partial charge in [-0.2, -0.15) is 5.10 Å². The molecular formula is C12H13ClN4OS. The van der Waals surface area contributed by atoms with E-state index >= 15 is 0 Å². The second-order valence-electron chi connectivity index (χ2n) is 4.48. The lowest BCUT2D eigenvalue weighted by atomic mass is 10.4. The zero-order valence-corrected chi connectivity index (χ0v) is 11.8. The minimum Gasteiger partial charge on any atom is -0.370 e. The summed E-state index contributed by atoms with van der Waals surface area (Å²) < 4.78 is 1.92. The molecule has 0 aliphatic carbocycles. The molecule has 5 nitrogen and oxygen atoms in total. The summed E-state index contributed by atoms with van der Waals surface area (Å²) in [7, 11) is 0. The molecule has 2 aromatic heterocycles. The molecule has 0 radical (unpaired) electrons. The number of thiazole rings is 1. The van der Waals surface area contributed by atoms with Crippen LogP contribution >= 0.6 is 22.9 Å². The highest BCUT2D eigenvalue weighted by molar-refractivity contribution is 7.15. The van der Waals surface area contributed by atoms with Gasteiger partial charge in [0.25, 0.3) is 5.56 Å². The standard InChI is InChI=1S/C12H13ClN4OS/c13-12-14-7-10(19-12)8-17-11(18)5-9(6-15-17)16-3-1-2-4-16/h5-7H,1-4,8H2. The summed E-state index contributed by atoms with van der Waals surface area (Å²) in [5.41, 5.74) is 0.829. The van der Waals surface area contributed by atoms with E-state index in [1.807, 2.05) is 0 Å². The van der Waals surface area contributed by atoms with Crippen LogP contribution in [0, 0.1) is 0 Å². The number of aromatic nitrogens is 3. The Bertz CT molecular complexity index is 633. The van der Waals surface area contributed by atoms with Crippen molar-refractivity contribution in [2.75, 3.05) is 18.0 Å². The maximum Gasteiger partial charge on any atom is 0.269 e. The minimum absolute atomic E-state index is 0.0890. The summed E-state index contributed by atoms with van der Waals surface area (Å²) in [6, 6.07) is 1.65. The van der Waals surface area contributed by atoms with Gasteiger partial charge in [-0.05, 0) is 12.8 Å². The molecule has 0 amide bonds. The Morgan fingerprint density at radius 1 is 1.32 bits per heavy atom. The topological polar surface area (TPSA) is 51.0 Å². The van der Waals surface area contributed by atoms with Crippen molar-refractivity contribution in [2.45, 2.75) is 19.4 Å². The molecule has 19 heavy (non-hydrogen) atoms. The SMILES string of the molecule is O=c1cc(N2CCCC2)cnn1Cc1cnc(Cl)s1. The molecule has 0 aromatic carbocycles. The van der Waals surface area contributed by atoms with E-state index in [9.17, 15) is 4.79 Å². The first kappa shape index (κ1) is 12.6. The fourth-order valence-electron chi connectivity index (χ4n) is 2.20. The first-order chi connectivity index (χ1) is 9.22. The van der Waals surface area contributed by atoms with Crippen molar-refractivity contribution in [3.05, 3.63) is 38.2 Å². The Labute approximate surface area is 119 Å². The molecule has 0 saturated carbocycles. The maximum atomic E-state index is 12.0. The van der Waals surface area contributed by atoms with E-state index in [1.165, 1.54) is 28.9 Å². The Morgan fingerprint density at radius 2 is 2.11 bits per heavy atom. The Morgan fingerprint density at radius 3 is 2.74 bits per heavy atom. The Hall–Kier alpha value is -1.40. The van der Waals surface area contributed by atoms with E-state index in [2.05, 4.69) is 15.0 Å². The van der Waals surface area contributed by atoms with Gasteiger partial charge in [-0.25, -0.2) is 9.67 Å². The third-order valence-electron chi connectivity index (χ3n) is 3.16. The minimum atomic E-state index is -0.0890. The molecule has 0 unspecified atom stereocenters. The van der Waals surface area contributed by atoms with Crippen molar-refractivity contribution in [3.8, 4) is 0 Å². The molecule has 1 aliphatic heterocycles. The summed E-state index contributed by atoms with van der Waals surface area (Å²) in [5, 5.41) is 4.23. The lowest BCUT2D eigenvalue weighted by molar-refractivity contribution is 0.643. The molecule has 100 valence electrons. The average molecular weight is 297 g/mol. The van der Waals surface area contributed by atoms with E-state index in [0.717, 1.165) is 23.7 Å². The predicted molar refractivity (Wildman–Crippen MR) is 76.2 cm³/mol. The highest BCUT2D eigenvalue weighted by atomic mass is 35.5. The van der Waals surface area contributed by atoms with Crippen LogP contribution in [0.15, 0.2) is 23.3 Å². The van der Waals surface area contributed by atoms with Crippen molar-refractivity contribution < 1.29 is 0 Å². The van der Waals surface area contributed by atoms with E-state index < -0.39 is 0 Å². The summed E-state index contributed by atoms with van der Waals surface area (Å²) >= 11 is 7.14. The molecular weight excluding hydrogens is 284 g/mol. The van der Waals surface area contributed by atoms with Crippen molar-refractivity contribution in [3.63, 3.8) is 0 Å². The van der Waals surface area contributed by atoms with Gasteiger partial charge in [-0.3, -0.25) is 4.79 Å².